The molecular weight excluding hydrogens is 362 g/mol. The Morgan fingerprint density at radius 1 is 1.04 bits per heavy atom. The Kier molecular flexibility index (Phi) is 4.34. The van der Waals surface area contributed by atoms with Gasteiger partial charge in [-0.1, -0.05) is 15.9 Å². The molecular formula is C17H14BrNO4. The maximum absolute atomic E-state index is 12.1. The molecule has 0 spiro atoms. The number of hydrogen-bond donors (Lipinski definition) is 0. The molecule has 0 saturated heterocycles. The second-order valence-corrected chi connectivity index (χ2v) is 5.89. The van der Waals surface area contributed by atoms with Crippen molar-refractivity contribution in [3.05, 3.63) is 52.5 Å². The van der Waals surface area contributed by atoms with Gasteiger partial charge in [-0.05, 0) is 42.5 Å². The molecule has 2 aromatic carbocycles. The van der Waals surface area contributed by atoms with Gasteiger partial charge >= 0.3 is 0 Å². The van der Waals surface area contributed by atoms with E-state index in [1.165, 1.54) is 4.90 Å². The Bertz CT molecular complexity index is 758. The number of fused-ring (bicyclic) bond motifs is 1. The number of ether oxygens (including phenoxy) is 2. The fraction of sp³-hybridized carbons (Fsp3) is 0.176. The molecule has 5 nitrogen and oxygen atoms in total. The lowest BCUT2D eigenvalue weighted by Crippen LogP contribution is -2.33. The first-order valence-corrected chi connectivity index (χ1v) is 7.82. The highest BCUT2D eigenvalue weighted by atomic mass is 79.9. The number of ketones is 1. The van der Waals surface area contributed by atoms with Crippen molar-refractivity contribution in [1.82, 2.24) is 0 Å². The average molecular weight is 376 g/mol. The maximum Gasteiger partial charge on any atom is 0.299 e. The number of methoxy groups -OCH3 is 1. The number of anilines is 1. The second-order valence-electron chi connectivity index (χ2n) is 4.97. The van der Waals surface area contributed by atoms with Crippen molar-refractivity contribution in [2.45, 2.75) is 0 Å². The number of Topliss-reactive ketones (excluding diaryl/α,β-unsaturated/α-hetero) is 1. The van der Waals surface area contributed by atoms with Gasteiger partial charge in [0.2, 0.25) is 0 Å². The number of nitrogens with zero attached hydrogens (tertiary/aromatic N) is 1. The molecule has 0 aliphatic carbocycles. The van der Waals surface area contributed by atoms with Gasteiger partial charge in [-0.2, -0.15) is 0 Å². The van der Waals surface area contributed by atoms with Crippen LogP contribution in [0.3, 0.4) is 0 Å². The molecule has 0 atom stereocenters. The summed E-state index contributed by atoms with van der Waals surface area (Å²) in [4.78, 5) is 25.5. The summed E-state index contributed by atoms with van der Waals surface area (Å²) in [7, 11) is 1.60. The zero-order valence-corrected chi connectivity index (χ0v) is 14.0. The lowest BCUT2D eigenvalue weighted by Gasteiger charge is -2.17. The van der Waals surface area contributed by atoms with Crippen molar-refractivity contribution < 1.29 is 19.1 Å². The third-order valence-corrected chi connectivity index (χ3v) is 4.07. The number of rotatable bonds is 5. The van der Waals surface area contributed by atoms with Crippen LogP contribution in [0.5, 0.6) is 11.5 Å². The van der Waals surface area contributed by atoms with Crippen LogP contribution in [0.25, 0.3) is 0 Å². The van der Waals surface area contributed by atoms with E-state index in [1.54, 1.807) is 43.5 Å². The topological polar surface area (TPSA) is 55.8 Å². The highest BCUT2D eigenvalue weighted by Crippen LogP contribution is 2.31. The van der Waals surface area contributed by atoms with E-state index in [9.17, 15) is 9.59 Å². The zero-order chi connectivity index (χ0) is 16.4. The van der Waals surface area contributed by atoms with Gasteiger partial charge in [-0.3, -0.25) is 9.59 Å². The summed E-state index contributed by atoms with van der Waals surface area (Å²) in [6, 6.07) is 12.4. The molecule has 2 aromatic rings. The van der Waals surface area contributed by atoms with Gasteiger partial charge in [-0.15, -0.1) is 0 Å². The minimum Gasteiger partial charge on any atom is -0.497 e. The lowest BCUT2D eigenvalue weighted by atomic mass is 10.1. The fourth-order valence-electron chi connectivity index (χ4n) is 2.42. The monoisotopic (exact) mass is 375 g/mol. The summed E-state index contributed by atoms with van der Waals surface area (Å²) < 4.78 is 11.5. The summed E-state index contributed by atoms with van der Waals surface area (Å²) in [5.41, 5.74) is 1.05. The SMILES string of the molecule is COc1ccc(OCCN2C(=O)C(=O)c3cc(Br)ccc32)cc1. The standard InChI is InChI=1S/C17H14BrNO4/c1-22-12-3-5-13(6-4-12)23-9-8-19-15-7-2-11(18)10-14(15)16(20)17(19)21/h2-7,10H,8-9H2,1H3. The van der Waals surface area contributed by atoms with Gasteiger partial charge in [0.05, 0.1) is 24.9 Å². The van der Waals surface area contributed by atoms with Crippen molar-refractivity contribution in [3.8, 4) is 11.5 Å². The smallest absolute Gasteiger partial charge is 0.299 e. The Balaban J connectivity index is 1.66. The molecule has 6 heteroatoms. The highest BCUT2D eigenvalue weighted by Gasteiger charge is 2.35. The average Bonchev–Trinajstić information content (AvgIpc) is 2.80. The Morgan fingerprint density at radius 2 is 1.74 bits per heavy atom. The fourth-order valence-corrected chi connectivity index (χ4v) is 2.78. The molecule has 0 unspecified atom stereocenters. The molecule has 0 N–H and O–H groups in total. The van der Waals surface area contributed by atoms with Crippen molar-refractivity contribution in [3.63, 3.8) is 0 Å². The van der Waals surface area contributed by atoms with Crippen LogP contribution < -0.4 is 14.4 Å². The van der Waals surface area contributed by atoms with Crippen molar-refractivity contribution in [1.29, 1.82) is 0 Å². The van der Waals surface area contributed by atoms with E-state index < -0.39 is 11.7 Å². The van der Waals surface area contributed by atoms with E-state index in [0.717, 1.165) is 10.2 Å². The molecule has 0 fully saturated rings. The van der Waals surface area contributed by atoms with Gasteiger partial charge < -0.3 is 14.4 Å². The Hall–Kier alpha value is -2.34. The highest BCUT2D eigenvalue weighted by molar-refractivity contribution is 9.10. The van der Waals surface area contributed by atoms with Crippen LogP contribution in [-0.2, 0) is 4.79 Å². The van der Waals surface area contributed by atoms with Crippen LogP contribution in [-0.4, -0.2) is 32.0 Å². The number of amides is 1. The minimum absolute atomic E-state index is 0.293. The summed E-state index contributed by atoms with van der Waals surface area (Å²) in [5, 5.41) is 0. The molecule has 0 aromatic heterocycles. The molecule has 0 bridgehead atoms. The predicted molar refractivity (Wildman–Crippen MR) is 89.3 cm³/mol. The molecule has 0 radical (unpaired) electrons. The first kappa shape index (κ1) is 15.6. The van der Waals surface area contributed by atoms with Gasteiger partial charge in [0, 0.05) is 4.47 Å². The van der Waals surface area contributed by atoms with E-state index in [1.807, 2.05) is 6.07 Å². The minimum atomic E-state index is -0.517. The molecule has 1 aliphatic rings. The summed E-state index contributed by atoms with van der Waals surface area (Å²) in [5.74, 6) is 0.430. The van der Waals surface area contributed by atoms with Crippen LogP contribution in [0.1, 0.15) is 10.4 Å². The molecule has 0 saturated carbocycles. The molecule has 118 valence electrons. The van der Waals surface area contributed by atoms with Crippen LogP contribution >= 0.6 is 15.9 Å². The van der Waals surface area contributed by atoms with Crippen molar-refractivity contribution in [2.75, 3.05) is 25.2 Å². The number of hydrogen-bond acceptors (Lipinski definition) is 4. The van der Waals surface area contributed by atoms with E-state index in [0.29, 0.717) is 30.2 Å². The van der Waals surface area contributed by atoms with Crippen molar-refractivity contribution >= 4 is 33.3 Å². The van der Waals surface area contributed by atoms with Gasteiger partial charge in [0.15, 0.2) is 0 Å². The van der Waals surface area contributed by atoms with E-state index in [4.69, 9.17) is 9.47 Å². The molecule has 1 heterocycles. The first-order chi connectivity index (χ1) is 11.1. The summed E-state index contributed by atoms with van der Waals surface area (Å²) in [6.45, 7) is 0.603. The largest absolute Gasteiger partial charge is 0.497 e. The predicted octanol–water partition coefficient (Wildman–Crippen LogP) is 3.07. The first-order valence-electron chi connectivity index (χ1n) is 7.03. The van der Waals surface area contributed by atoms with Crippen LogP contribution in [0, 0.1) is 0 Å². The van der Waals surface area contributed by atoms with Gasteiger partial charge in [-0.25, -0.2) is 0 Å². The van der Waals surface area contributed by atoms with Crippen LogP contribution in [0.15, 0.2) is 46.9 Å². The zero-order valence-electron chi connectivity index (χ0n) is 12.4. The van der Waals surface area contributed by atoms with Crippen LogP contribution in [0.4, 0.5) is 5.69 Å². The number of halogens is 1. The number of carbonyl (C=O) groups is 2. The third kappa shape index (κ3) is 3.07. The number of benzene rings is 2. The summed E-state index contributed by atoms with van der Waals surface area (Å²) in [6.07, 6.45) is 0. The summed E-state index contributed by atoms with van der Waals surface area (Å²) >= 11 is 3.31. The third-order valence-electron chi connectivity index (χ3n) is 3.58. The molecule has 23 heavy (non-hydrogen) atoms. The second kappa shape index (κ2) is 6.42. The molecule has 3 rings (SSSR count). The van der Waals surface area contributed by atoms with E-state index in [2.05, 4.69) is 15.9 Å². The lowest BCUT2D eigenvalue weighted by molar-refractivity contribution is -0.114. The normalized spacial score (nSPS) is 13.2. The molecule has 1 aliphatic heterocycles. The van der Waals surface area contributed by atoms with E-state index in [-0.39, 0.29) is 0 Å². The Morgan fingerprint density at radius 3 is 2.43 bits per heavy atom. The van der Waals surface area contributed by atoms with Crippen molar-refractivity contribution in [2.24, 2.45) is 0 Å². The van der Waals surface area contributed by atoms with E-state index >= 15 is 0 Å². The number of carbonyl (C=O) groups excluding carboxylic acids is 2. The van der Waals surface area contributed by atoms with Crippen LogP contribution in [0.2, 0.25) is 0 Å². The molecule has 1 amide bonds. The van der Waals surface area contributed by atoms with Gasteiger partial charge in [0.25, 0.3) is 11.7 Å². The van der Waals surface area contributed by atoms with Gasteiger partial charge in [0.1, 0.15) is 18.1 Å². The quantitative estimate of drug-likeness (QED) is 0.753. The maximum atomic E-state index is 12.1. The Labute approximate surface area is 141 Å².